The first-order valence-electron chi connectivity index (χ1n) is 7.96. The van der Waals surface area contributed by atoms with Crippen LogP contribution in [0.4, 0.5) is 4.39 Å². The highest BCUT2D eigenvalue weighted by molar-refractivity contribution is 5.94. The Balaban J connectivity index is 1.66. The van der Waals surface area contributed by atoms with Gasteiger partial charge in [0.15, 0.2) is 6.61 Å². The van der Waals surface area contributed by atoms with E-state index in [2.05, 4.69) is 10.6 Å². The van der Waals surface area contributed by atoms with Crippen LogP contribution in [0.3, 0.4) is 0 Å². The smallest absolute Gasteiger partial charge is 0.258 e. The molecule has 0 unspecified atom stereocenters. The maximum absolute atomic E-state index is 12.8. The zero-order chi connectivity index (χ0) is 18.2. The number of carbonyl (C=O) groups excluding carboxylic acids is 2. The first-order valence-corrected chi connectivity index (χ1v) is 7.96. The molecule has 0 aromatic heterocycles. The van der Waals surface area contributed by atoms with Gasteiger partial charge in [0.25, 0.3) is 11.8 Å². The fourth-order valence-electron chi connectivity index (χ4n) is 2.24. The molecule has 2 amide bonds. The molecule has 0 radical (unpaired) electrons. The van der Waals surface area contributed by atoms with Crippen LogP contribution in [0.15, 0.2) is 42.5 Å². The number of aryl methyl sites for hydroxylation is 2. The lowest BCUT2D eigenvalue weighted by Gasteiger charge is -2.10. The van der Waals surface area contributed by atoms with E-state index in [1.807, 2.05) is 32.0 Å². The Hall–Kier alpha value is -2.89. The van der Waals surface area contributed by atoms with Crippen LogP contribution in [0.2, 0.25) is 0 Å². The highest BCUT2D eigenvalue weighted by Gasteiger charge is 2.07. The van der Waals surface area contributed by atoms with Crippen molar-refractivity contribution in [3.63, 3.8) is 0 Å². The van der Waals surface area contributed by atoms with Crippen molar-refractivity contribution in [2.24, 2.45) is 0 Å². The highest BCUT2D eigenvalue weighted by atomic mass is 19.1. The van der Waals surface area contributed by atoms with Crippen molar-refractivity contribution < 1.29 is 18.7 Å². The summed E-state index contributed by atoms with van der Waals surface area (Å²) in [6.45, 7) is 4.37. The quantitative estimate of drug-likeness (QED) is 0.758. The SMILES string of the molecule is Cc1ccc(OCC(=O)NCCNC(=O)c2ccc(F)cc2)c(C)c1. The number of carbonyl (C=O) groups is 2. The van der Waals surface area contributed by atoms with Crippen molar-refractivity contribution in [3.05, 3.63) is 65.0 Å². The van der Waals surface area contributed by atoms with Crippen LogP contribution < -0.4 is 15.4 Å². The van der Waals surface area contributed by atoms with E-state index in [1.54, 1.807) is 0 Å². The fourth-order valence-corrected chi connectivity index (χ4v) is 2.24. The molecule has 5 nitrogen and oxygen atoms in total. The van der Waals surface area contributed by atoms with Crippen LogP contribution in [0.25, 0.3) is 0 Å². The maximum atomic E-state index is 12.8. The zero-order valence-corrected chi connectivity index (χ0v) is 14.3. The van der Waals surface area contributed by atoms with Crippen molar-refractivity contribution in [1.29, 1.82) is 0 Å². The molecule has 0 heterocycles. The molecule has 0 spiro atoms. The fraction of sp³-hybridized carbons (Fsp3) is 0.263. The molecule has 0 fully saturated rings. The van der Waals surface area contributed by atoms with Gasteiger partial charge in [-0.2, -0.15) is 0 Å². The molecule has 0 saturated heterocycles. The Bertz CT molecular complexity index is 745. The van der Waals surface area contributed by atoms with Gasteiger partial charge in [-0.15, -0.1) is 0 Å². The van der Waals surface area contributed by atoms with Gasteiger partial charge in [-0.3, -0.25) is 9.59 Å². The normalized spacial score (nSPS) is 10.2. The van der Waals surface area contributed by atoms with E-state index in [4.69, 9.17) is 4.74 Å². The molecule has 0 atom stereocenters. The third-order valence-corrected chi connectivity index (χ3v) is 3.53. The third-order valence-electron chi connectivity index (χ3n) is 3.53. The molecule has 2 aromatic rings. The third kappa shape index (κ3) is 5.91. The van der Waals surface area contributed by atoms with Gasteiger partial charge in [0.1, 0.15) is 11.6 Å². The van der Waals surface area contributed by atoms with Crippen LogP contribution >= 0.6 is 0 Å². The number of benzene rings is 2. The molecule has 2 aromatic carbocycles. The zero-order valence-electron chi connectivity index (χ0n) is 14.3. The predicted molar refractivity (Wildman–Crippen MR) is 93.2 cm³/mol. The highest BCUT2D eigenvalue weighted by Crippen LogP contribution is 2.18. The summed E-state index contributed by atoms with van der Waals surface area (Å²) >= 11 is 0. The van der Waals surface area contributed by atoms with Gasteiger partial charge in [-0.05, 0) is 49.7 Å². The molecule has 0 aliphatic carbocycles. The minimum absolute atomic E-state index is 0.0875. The van der Waals surface area contributed by atoms with Crippen LogP contribution in [-0.2, 0) is 4.79 Å². The average Bonchev–Trinajstić information content (AvgIpc) is 2.58. The van der Waals surface area contributed by atoms with Crippen molar-refractivity contribution in [2.45, 2.75) is 13.8 Å². The second-order valence-corrected chi connectivity index (χ2v) is 5.67. The topological polar surface area (TPSA) is 67.4 Å². The lowest BCUT2D eigenvalue weighted by Crippen LogP contribution is -2.36. The summed E-state index contributed by atoms with van der Waals surface area (Å²) in [5.41, 5.74) is 2.47. The first-order chi connectivity index (χ1) is 12.0. The first kappa shape index (κ1) is 18.4. The Morgan fingerprint density at radius 2 is 1.68 bits per heavy atom. The monoisotopic (exact) mass is 344 g/mol. The van der Waals surface area contributed by atoms with Crippen molar-refractivity contribution in [3.8, 4) is 5.75 Å². The Morgan fingerprint density at radius 3 is 2.36 bits per heavy atom. The van der Waals surface area contributed by atoms with Crippen LogP contribution in [0, 0.1) is 19.7 Å². The molecular formula is C19H21FN2O3. The summed E-state index contributed by atoms with van der Waals surface area (Å²) in [7, 11) is 0. The van der Waals surface area contributed by atoms with Crippen LogP contribution in [-0.4, -0.2) is 31.5 Å². The summed E-state index contributed by atoms with van der Waals surface area (Å²) in [5, 5.41) is 5.31. The van der Waals surface area contributed by atoms with Gasteiger partial charge in [0.05, 0.1) is 0 Å². The predicted octanol–water partition coefficient (Wildman–Crippen LogP) is 2.37. The van der Waals surface area contributed by atoms with E-state index in [1.165, 1.54) is 24.3 Å². The van der Waals surface area contributed by atoms with Gasteiger partial charge in [-0.1, -0.05) is 17.7 Å². The molecular weight excluding hydrogens is 323 g/mol. The molecule has 2 rings (SSSR count). The van der Waals surface area contributed by atoms with Gasteiger partial charge >= 0.3 is 0 Å². The molecule has 0 saturated carbocycles. The van der Waals surface area contributed by atoms with E-state index >= 15 is 0 Å². The molecule has 6 heteroatoms. The van der Waals surface area contributed by atoms with E-state index < -0.39 is 5.82 Å². The van der Waals surface area contributed by atoms with Crippen LogP contribution in [0.5, 0.6) is 5.75 Å². The van der Waals surface area contributed by atoms with E-state index in [0.717, 1.165) is 11.1 Å². The average molecular weight is 344 g/mol. The summed E-state index contributed by atoms with van der Waals surface area (Å²) in [5.74, 6) is -0.310. The van der Waals surface area contributed by atoms with Gasteiger partial charge < -0.3 is 15.4 Å². The molecule has 0 aliphatic heterocycles. The summed E-state index contributed by atoms with van der Waals surface area (Å²) in [6.07, 6.45) is 0. The van der Waals surface area contributed by atoms with E-state index in [-0.39, 0.29) is 31.5 Å². The van der Waals surface area contributed by atoms with Gasteiger partial charge in [-0.25, -0.2) is 4.39 Å². The number of rotatable bonds is 7. The molecule has 132 valence electrons. The van der Waals surface area contributed by atoms with Gasteiger partial charge in [0.2, 0.25) is 0 Å². The second-order valence-electron chi connectivity index (χ2n) is 5.67. The Morgan fingerprint density at radius 1 is 1.00 bits per heavy atom. The molecule has 0 bridgehead atoms. The maximum Gasteiger partial charge on any atom is 0.258 e. The number of hydrogen-bond donors (Lipinski definition) is 2. The Kier molecular flexibility index (Phi) is 6.51. The second kappa shape index (κ2) is 8.82. The number of halogens is 1. The summed E-state index contributed by atoms with van der Waals surface area (Å²) < 4.78 is 18.3. The number of nitrogens with one attached hydrogen (secondary N) is 2. The molecule has 2 N–H and O–H groups in total. The van der Waals surface area contributed by atoms with E-state index in [9.17, 15) is 14.0 Å². The standard InChI is InChI=1S/C19H21FN2O3/c1-13-3-8-17(14(2)11-13)25-12-18(23)21-9-10-22-19(24)15-4-6-16(20)7-5-15/h3-8,11H,9-10,12H2,1-2H3,(H,21,23)(H,22,24). The summed E-state index contributed by atoms with van der Waals surface area (Å²) in [4.78, 5) is 23.6. The minimum atomic E-state index is -0.396. The largest absolute Gasteiger partial charge is 0.484 e. The lowest BCUT2D eigenvalue weighted by molar-refractivity contribution is -0.123. The minimum Gasteiger partial charge on any atom is -0.484 e. The van der Waals surface area contributed by atoms with Crippen molar-refractivity contribution in [1.82, 2.24) is 10.6 Å². The molecule has 25 heavy (non-hydrogen) atoms. The number of amides is 2. The van der Waals surface area contributed by atoms with Crippen LogP contribution in [0.1, 0.15) is 21.5 Å². The van der Waals surface area contributed by atoms with Crippen molar-refractivity contribution >= 4 is 11.8 Å². The Labute approximate surface area is 146 Å². The van der Waals surface area contributed by atoms with E-state index in [0.29, 0.717) is 11.3 Å². The summed E-state index contributed by atoms with van der Waals surface area (Å²) in [6, 6.07) is 11.0. The van der Waals surface area contributed by atoms with Gasteiger partial charge in [0, 0.05) is 18.7 Å². The lowest BCUT2D eigenvalue weighted by atomic mass is 10.1. The number of ether oxygens (including phenoxy) is 1. The number of hydrogen-bond acceptors (Lipinski definition) is 3. The molecule has 0 aliphatic rings. The van der Waals surface area contributed by atoms with Crippen molar-refractivity contribution in [2.75, 3.05) is 19.7 Å².